The van der Waals surface area contributed by atoms with Gasteiger partial charge in [-0.3, -0.25) is 0 Å². The van der Waals surface area contributed by atoms with Gasteiger partial charge >= 0.3 is 22.1 Å². The van der Waals surface area contributed by atoms with Crippen LogP contribution in [0.5, 0.6) is 0 Å². The minimum absolute atomic E-state index is 0.397. The SMILES string of the molecule is CCCC[P+](CCCC)(CCCC)OS(=O)(=O)c1cc(C(=O)O)cc(C(=O)O)c1. The molecule has 0 aliphatic heterocycles. The summed E-state index contributed by atoms with van der Waals surface area (Å²) < 4.78 is 32.1. The van der Waals surface area contributed by atoms with Crippen molar-refractivity contribution in [3.8, 4) is 0 Å². The molecule has 1 aromatic rings. The molecular weight excluding hydrogens is 415 g/mol. The van der Waals surface area contributed by atoms with Gasteiger partial charge < -0.3 is 10.2 Å². The third-order valence-corrected chi connectivity index (χ3v) is 11.0. The first-order valence-electron chi connectivity index (χ1n) is 10.0. The minimum Gasteiger partial charge on any atom is -0.478 e. The standard InChI is InChI=1S/C20H31O7PS/c1-4-7-10-28(11-8-5-2,12-9-6-3)27-29(25,26)18-14-16(19(21)22)13-17(15-18)20(23)24/h13-15H,4-12H2,1-3H3,(H-,21,22,23,24)/p+1. The van der Waals surface area contributed by atoms with E-state index in [1.807, 2.05) is 20.8 Å². The molecular formula is C20H32O7PS+. The molecule has 0 atom stereocenters. The molecule has 0 aromatic heterocycles. The third-order valence-electron chi connectivity index (χ3n) is 4.70. The quantitative estimate of drug-likeness (QED) is 0.380. The molecule has 0 saturated heterocycles. The van der Waals surface area contributed by atoms with Crippen molar-refractivity contribution in [1.82, 2.24) is 0 Å². The predicted octanol–water partition coefficient (Wildman–Crippen LogP) is 5.12. The van der Waals surface area contributed by atoms with Gasteiger partial charge in [-0.05, 0) is 37.5 Å². The van der Waals surface area contributed by atoms with Crippen molar-refractivity contribution in [2.45, 2.75) is 64.2 Å². The summed E-state index contributed by atoms with van der Waals surface area (Å²) in [6.07, 6.45) is 7.38. The van der Waals surface area contributed by atoms with Gasteiger partial charge in [-0.2, -0.15) is 8.42 Å². The summed E-state index contributed by atoms with van der Waals surface area (Å²) in [5, 5.41) is 18.5. The fourth-order valence-electron chi connectivity index (χ4n) is 3.03. The highest BCUT2D eigenvalue weighted by Gasteiger charge is 2.44. The second kappa shape index (κ2) is 11.6. The maximum absolute atomic E-state index is 13.1. The Morgan fingerprint density at radius 3 is 1.52 bits per heavy atom. The molecule has 164 valence electrons. The second-order valence-corrected chi connectivity index (χ2v) is 12.6. The summed E-state index contributed by atoms with van der Waals surface area (Å²) in [6, 6.07) is 2.88. The maximum atomic E-state index is 13.1. The lowest BCUT2D eigenvalue weighted by molar-refractivity contribution is 0.0696. The van der Waals surface area contributed by atoms with Crippen LogP contribution in [0.1, 0.15) is 80.0 Å². The zero-order chi connectivity index (χ0) is 22.1. The molecule has 0 aliphatic carbocycles. The van der Waals surface area contributed by atoms with Crippen LogP contribution < -0.4 is 0 Å². The molecule has 1 rings (SSSR count). The van der Waals surface area contributed by atoms with Gasteiger partial charge in [0.25, 0.3) is 0 Å². The fourth-order valence-corrected chi connectivity index (χ4v) is 9.82. The van der Waals surface area contributed by atoms with Crippen molar-refractivity contribution in [1.29, 1.82) is 0 Å². The molecule has 0 bridgehead atoms. The van der Waals surface area contributed by atoms with Crippen LogP contribution in [0.3, 0.4) is 0 Å². The van der Waals surface area contributed by atoms with E-state index in [-0.39, 0.29) is 0 Å². The van der Waals surface area contributed by atoms with Crippen LogP contribution >= 0.6 is 7.49 Å². The average Bonchev–Trinajstić information content (AvgIpc) is 2.68. The lowest BCUT2D eigenvalue weighted by Gasteiger charge is -2.25. The van der Waals surface area contributed by atoms with Crippen molar-refractivity contribution in [2.24, 2.45) is 0 Å². The third kappa shape index (κ3) is 7.68. The monoisotopic (exact) mass is 447 g/mol. The largest absolute Gasteiger partial charge is 0.478 e. The molecule has 29 heavy (non-hydrogen) atoms. The summed E-state index contributed by atoms with van der Waals surface area (Å²) >= 11 is 0. The van der Waals surface area contributed by atoms with Gasteiger partial charge in [-0.1, -0.05) is 40.0 Å². The van der Waals surface area contributed by atoms with Gasteiger partial charge in [0.1, 0.15) is 0 Å². The number of hydrogen-bond acceptors (Lipinski definition) is 5. The van der Waals surface area contributed by atoms with E-state index >= 15 is 0 Å². The molecule has 0 spiro atoms. The fraction of sp³-hybridized carbons (Fsp3) is 0.600. The Kier molecular flexibility index (Phi) is 10.2. The van der Waals surface area contributed by atoms with Gasteiger partial charge in [0.2, 0.25) is 0 Å². The molecule has 7 nitrogen and oxygen atoms in total. The number of hydrogen-bond donors (Lipinski definition) is 2. The molecule has 0 unspecified atom stereocenters. The van der Waals surface area contributed by atoms with E-state index in [9.17, 15) is 28.2 Å². The average molecular weight is 448 g/mol. The number of unbranched alkanes of at least 4 members (excludes halogenated alkanes) is 3. The van der Waals surface area contributed by atoms with Crippen molar-refractivity contribution < 1.29 is 32.2 Å². The molecule has 0 aliphatic rings. The normalized spacial score (nSPS) is 12.1. The number of carbonyl (C=O) groups is 2. The Bertz CT molecular complexity index is 751. The first-order chi connectivity index (χ1) is 13.6. The minimum atomic E-state index is -4.30. The summed E-state index contributed by atoms with van der Waals surface area (Å²) in [5.41, 5.74) is -0.793. The lowest BCUT2D eigenvalue weighted by Crippen LogP contribution is -2.18. The van der Waals surface area contributed by atoms with Gasteiger partial charge in [0.15, 0.2) is 7.49 Å². The van der Waals surface area contributed by atoms with Gasteiger partial charge in [0, 0.05) is 0 Å². The Balaban J connectivity index is 3.41. The Morgan fingerprint density at radius 1 is 0.828 bits per heavy atom. The summed E-state index contributed by atoms with van der Waals surface area (Å²) in [5.74, 6) is -2.79. The number of carboxylic acid groups (broad SMARTS) is 2. The Morgan fingerprint density at radius 2 is 1.21 bits per heavy atom. The van der Waals surface area contributed by atoms with E-state index in [1.54, 1.807) is 0 Å². The van der Waals surface area contributed by atoms with Crippen LogP contribution in [-0.2, 0) is 14.1 Å². The van der Waals surface area contributed by atoms with Gasteiger partial charge in [0.05, 0.1) is 34.5 Å². The molecule has 2 N–H and O–H groups in total. The van der Waals surface area contributed by atoms with E-state index < -0.39 is 45.6 Å². The topological polar surface area (TPSA) is 118 Å². The smallest absolute Gasteiger partial charge is 0.335 e. The van der Waals surface area contributed by atoms with Gasteiger partial charge in [-0.25, -0.2) is 9.59 Å². The zero-order valence-corrected chi connectivity index (χ0v) is 19.1. The van der Waals surface area contributed by atoms with Crippen LogP contribution in [0.2, 0.25) is 0 Å². The van der Waals surface area contributed by atoms with Crippen molar-refractivity contribution in [3.63, 3.8) is 0 Å². The maximum Gasteiger partial charge on any atom is 0.335 e. The number of aromatic carboxylic acids is 2. The molecule has 0 heterocycles. The van der Waals surface area contributed by atoms with E-state index in [0.29, 0.717) is 18.5 Å². The van der Waals surface area contributed by atoms with Gasteiger partial charge in [-0.15, -0.1) is 3.97 Å². The van der Waals surface area contributed by atoms with E-state index in [4.69, 9.17) is 3.97 Å². The van der Waals surface area contributed by atoms with Crippen molar-refractivity contribution in [2.75, 3.05) is 18.5 Å². The van der Waals surface area contributed by atoms with E-state index in [0.717, 1.165) is 56.7 Å². The Hall–Kier alpha value is -1.50. The van der Waals surface area contributed by atoms with E-state index in [2.05, 4.69) is 0 Å². The summed E-state index contributed by atoms with van der Waals surface area (Å²) in [7, 11) is -6.59. The second-order valence-electron chi connectivity index (χ2n) is 7.17. The number of rotatable bonds is 14. The molecule has 0 amide bonds. The highest BCUT2D eigenvalue weighted by atomic mass is 32.2. The zero-order valence-electron chi connectivity index (χ0n) is 17.4. The first-order valence-corrected chi connectivity index (χ1v) is 13.7. The van der Waals surface area contributed by atoms with Crippen LogP contribution in [0.15, 0.2) is 23.1 Å². The molecule has 1 aromatic carbocycles. The summed E-state index contributed by atoms with van der Waals surface area (Å²) in [6.45, 7) is 6.12. The summed E-state index contributed by atoms with van der Waals surface area (Å²) in [4.78, 5) is 22.3. The number of benzene rings is 1. The van der Waals surface area contributed by atoms with Crippen LogP contribution in [0.25, 0.3) is 0 Å². The van der Waals surface area contributed by atoms with Crippen molar-refractivity contribution >= 4 is 29.5 Å². The highest BCUT2D eigenvalue weighted by Crippen LogP contribution is 2.63. The van der Waals surface area contributed by atoms with E-state index in [1.165, 1.54) is 0 Å². The first kappa shape index (κ1) is 25.5. The Labute approximate surface area is 174 Å². The highest BCUT2D eigenvalue weighted by molar-refractivity contribution is 7.94. The predicted molar refractivity (Wildman–Crippen MR) is 115 cm³/mol. The van der Waals surface area contributed by atoms with Crippen LogP contribution in [-0.4, -0.2) is 49.1 Å². The lowest BCUT2D eigenvalue weighted by atomic mass is 10.1. The number of carboxylic acids is 2. The van der Waals surface area contributed by atoms with Crippen LogP contribution in [0, 0.1) is 0 Å². The van der Waals surface area contributed by atoms with Crippen molar-refractivity contribution in [3.05, 3.63) is 29.3 Å². The molecule has 0 radical (unpaired) electrons. The molecule has 0 fully saturated rings. The molecule has 9 heteroatoms. The van der Waals surface area contributed by atoms with Crippen LogP contribution in [0.4, 0.5) is 0 Å². The molecule has 0 saturated carbocycles.